The van der Waals surface area contributed by atoms with Crippen LogP contribution in [0.5, 0.6) is 11.5 Å². The summed E-state index contributed by atoms with van der Waals surface area (Å²) >= 11 is 0. The number of phenols is 1. The number of para-hydroxylation sites is 1. The Bertz CT molecular complexity index is 606. The van der Waals surface area contributed by atoms with E-state index in [2.05, 4.69) is 23.5 Å². The fourth-order valence-electron chi connectivity index (χ4n) is 2.87. The number of rotatable bonds is 5. The maximum Gasteiger partial charge on any atom is 0.120 e. The third-order valence-electron chi connectivity index (χ3n) is 4.28. The molecule has 0 heterocycles. The van der Waals surface area contributed by atoms with Crippen LogP contribution < -0.4 is 10.1 Å². The van der Waals surface area contributed by atoms with Gasteiger partial charge in [-0.2, -0.15) is 0 Å². The highest BCUT2D eigenvalue weighted by Crippen LogP contribution is 2.38. The molecule has 2 N–H and O–H groups in total. The van der Waals surface area contributed by atoms with Crippen molar-refractivity contribution < 1.29 is 9.84 Å². The summed E-state index contributed by atoms with van der Waals surface area (Å²) in [6.45, 7) is 0.724. The van der Waals surface area contributed by atoms with Gasteiger partial charge >= 0.3 is 0 Å². The van der Waals surface area contributed by atoms with Gasteiger partial charge in [0, 0.05) is 18.2 Å². The highest BCUT2D eigenvalue weighted by atomic mass is 16.5. The molecule has 0 atom stereocenters. The molecule has 2 aromatic rings. The molecule has 1 aliphatic rings. The number of benzene rings is 2. The lowest BCUT2D eigenvalue weighted by Gasteiger charge is -2.36. The number of phenolic OH excluding ortho intramolecular Hbond substituents is 1. The second-order valence-electron chi connectivity index (χ2n) is 5.65. The van der Waals surface area contributed by atoms with E-state index >= 15 is 0 Å². The van der Waals surface area contributed by atoms with Gasteiger partial charge in [0.1, 0.15) is 11.5 Å². The van der Waals surface area contributed by atoms with Gasteiger partial charge < -0.3 is 15.2 Å². The van der Waals surface area contributed by atoms with Crippen LogP contribution in [0.2, 0.25) is 0 Å². The van der Waals surface area contributed by atoms with Gasteiger partial charge in [-0.25, -0.2) is 0 Å². The Morgan fingerprint density at radius 3 is 2.71 bits per heavy atom. The third-order valence-corrected chi connectivity index (χ3v) is 4.28. The molecular formula is C18H21NO2. The first-order chi connectivity index (χ1) is 10.3. The van der Waals surface area contributed by atoms with Crippen molar-refractivity contribution in [2.75, 3.05) is 7.11 Å². The summed E-state index contributed by atoms with van der Waals surface area (Å²) < 4.78 is 5.28. The molecule has 1 saturated carbocycles. The van der Waals surface area contributed by atoms with E-state index in [-0.39, 0.29) is 0 Å². The monoisotopic (exact) mass is 283 g/mol. The Morgan fingerprint density at radius 2 is 1.95 bits per heavy atom. The maximum absolute atomic E-state index is 9.75. The smallest absolute Gasteiger partial charge is 0.120 e. The highest BCUT2D eigenvalue weighted by molar-refractivity contribution is 5.33. The van der Waals surface area contributed by atoms with Gasteiger partial charge in [-0.05, 0) is 42.5 Å². The van der Waals surface area contributed by atoms with Crippen molar-refractivity contribution in [3.63, 3.8) is 0 Å². The van der Waals surface area contributed by atoms with Gasteiger partial charge in [-0.1, -0.05) is 30.3 Å². The molecule has 2 aromatic carbocycles. The molecule has 0 saturated heterocycles. The summed E-state index contributed by atoms with van der Waals surface area (Å²) in [4.78, 5) is 0. The van der Waals surface area contributed by atoms with E-state index < -0.39 is 0 Å². The predicted octanol–water partition coefficient (Wildman–Crippen LogP) is 3.44. The predicted molar refractivity (Wildman–Crippen MR) is 83.7 cm³/mol. The molecule has 0 aliphatic heterocycles. The topological polar surface area (TPSA) is 41.5 Å². The first-order valence-electron chi connectivity index (χ1n) is 7.40. The molecule has 110 valence electrons. The maximum atomic E-state index is 9.75. The average molecular weight is 283 g/mol. The Balaban J connectivity index is 1.51. The average Bonchev–Trinajstić information content (AvgIpc) is 2.47. The first-order valence-corrected chi connectivity index (χ1v) is 7.40. The molecule has 0 aromatic heterocycles. The fraction of sp³-hybridized carbons (Fsp3) is 0.333. The van der Waals surface area contributed by atoms with Crippen LogP contribution in [0.15, 0.2) is 48.5 Å². The van der Waals surface area contributed by atoms with E-state index in [0.717, 1.165) is 30.7 Å². The van der Waals surface area contributed by atoms with Crippen molar-refractivity contribution in [3.8, 4) is 11.5 Å². The van der Waals surface area contributed by atoms with Crippen LogP contribution in [0.25, 0.3) is 0 Å². The van der Waals surface area contributed by atoms with E-state index in [0.29, 0.717) is 17.7 Å². The number of nitrogens with one attached hydrogen (secondary N) is 1. The van der Waals surface area contributed by atoms with Gasteiger partial charge in [0.2, 0.25) is 0 Å². The summed E-state index contributed by atoms with van der Waals surface area (Å²) in [5.41, 5.74) is 2.32. The number of ether oxygens (including phenoxy) is 1. The number of hydrogen-bond donors (Lipinski definition) is 2. The van der Waals surface area contributed by atoms with Gasteiger partial charge in [-0.15, -0.1) is 0 Å². The molecule has 1 fully saturated rings. The van der Waals surface area contributed by atoms with Crippen molar-refractivity contribution in [2.24, 2.45) is 0 Å². The first kappa shape index (κ1) is 14.0. The van der Waals surface area contributed by atoms with Gasteiger partial charge in [0.05, 0.1) is 7.11 Å². The van der Waals surface area contributed by atoms with Crippen LogP contribution in [0, 0.1) is 0 Å². The van der Waals surface area contributed by atoms with Crippen LogP contribution in [0.3, 0.4) is 0 Å². The SMILES string of the molecule is COc1cccc(C2CC(NCc3ccccc3O)C2)c1. The van der Waals surface area contributed by atoms with Gasteiger partial charge in [0.15, 0.2) is 0 Å². The molecule has 1 aliphatic carbocycles. The lowest BCUT2D eigenvalue weighted by Crippen LogP contribution is -2.39. The zero-order valence-electron chi connectivity index (χ0n) is 12.3. The minimum absolute atomic E-state index is 0.369. The fourth-order valence-corrected chi connectivity index (χ4v) is 2.87. The third kappa shape index (κ3) is 3.19. The number of hydrogen-bond acceptors (Lipinski definition) is 3. The van der Waals surface area contributed by atoms with Crippen LogP contribution >= 0.6 is 0 Å². The quantitative estimate of drug-likeness (QED) is 0.883. The zero-order chi connectivity index (χ0) is 14.7. The van der Waals surface area contributed by atoms with Crippen molar-refractivity contribution in [1.82, 2.24) is 5.32 Å². The Hall–Kier alpha value is -2.00. The summed E-state index contributed by atoms with van der Waals surface area (Å²) in [6.07, 6.45) is 2.28. The molecule has 3 nitrogen and oxygen atoms in total. The molecule has 0 bridgehead atoms. The van der Waals surface area contributed by atoms with Gasteiger partial charge in [-0.3, -0.25) is 0 Å². The Kier molecular flexibility index (Phi) is 4.11. The standard InChI is InChI=1S/C18H21NO2/c1-21-17-7-4-6-13(11-17)15-9-16(10-15)19-12-14-5-2-3-8-18(14)20/h2-8,11,15-16,19-20H,9-10,12H2,1H3. The summed E-state index contributed by atoms with van der Waals surface area (Å²) in [5.74, 6) is 1.91. The number of aromatic hydroxyl groups is 1. The summed E-state index contributed by atoms with van der Waals surface area (Å²) in [5, 5.41) is 13.3. The minimum atomic E-state index is 0.369. The molecule has 0 unspecified atom stereocenters. The lowest BCUT2D eigenvalue weighted by molar-refractivity contribution is 0.287. The number of methoxy groups -OCH3 is 1. The molecular weight excluding hydrogens is 262 g/mol. The molecule has 3 rings (SSSR count). The largest absolute Gasteiger partial charge is 0.508 e. The van der Waals surface area contributed by atoms with E-state index in [9.17, 15) is 5.11 Å². The van der Waals surface area contributed by atoms with Crippen LogP contribution in [0.1, 0.15) is 29.9 Å². The van der Waals surface area contributed by atoms with Crippen molar-refractivity contribution in [2.45, 2.75) is 31.3 Å². The second-order valence-corrected chi connectivity index (χ2v) is 5.65. The molecule has 3 heteroatoms. The second kappa shape index (κ2) is 6.19. The van der Waals surface area contributed by atoms with Crippen molar-refractivity contribution in [3.05, 3.63) is 59.7 Å². The van der Waals surface area contributed by atoms with Crippen LogP contribution in [0.4, 0.5) is 0 Å². The van der Waals surface area contributed by atoms with Crippen LogP contribution in [-0.4, -0.2) is 18.3 Å². The molecule has 21 heavy (non-hydrogen) atoms. The van der Waals surface area contributed by atoms with Crippen molar-refractivity contribution in [1.29, 1.82) is 0 Å². The Morgan fingerprint density at radius 1 is 1.14 bits per heavy atom. The van der Waals surface area contributed by atoms with Crippen molar-refractivity contribution >= 4 is 0 Å². The van der Waals surface area contributed by atoms with E-state index in [4.69, 9.17) is 4.74 Å². The Labute approximate surface area is 125 Å². The van der Waals surface area contributed by atoms with Gasteiger partial charge in [0.25, 0.3) is 0 Å². The summed E-state index contributed by atoms with van der Waals surface area (Å²) in [7, 11) is 1.70. The van der Waals surface area contributed by atoms with E-state index in [1.807, 2.05) is 24.3 Å². The van der Waals surface area contributed by atoms with E-state index in [1.165, 1.54) is 5.56 Å². The zero-order valence-corrected chi connectivity index (χ0v) is 12.3. The summed E-state index contributed by atoms with van der Waals surface area (Å²) in [6, 6.07) is 16.4. The lowest BCUT2D eigenvalue weighted by atomic mass is 9.76. The molecule has 0 spiro atoms. The molecule has 0 amide bonds. The normalized spacial score (nSPS) is 20.8. The highest BCUT2D eigenvalue weighted by Gasteiger charge is 2.30. The van der Waals surface area contributed by atoms with E-state index in [1.54, 1.807) is 13.2 Å². The molecule has 0 radical (unpaired) electrons. The minimum Gasteiger partial charge on any atom is -0.508 e. The van der Waals surface area contributed by atoms with Crippen LogP contribution in [-0.2, 0) is 6.54 Å².